The lowest BCUT2D eigenvalue weighted by molar-refractivity contribution is -0.137. The van der Waals surface area contributed by atoms with Crippen molar-refractivity contribution in [3.8, 4) is 0 Å². The van der Waals surface area contributed by atoms with Gasteiger partial charge in [0.15, 0.2) is 0 Å². The molecule has 0 atom stereocenters. The van der Waals surface area contributed by atoms with E-state index < -0.39 is 0 Å². The largest absolute Gasteiger partial charge is 0.463 e. The first-order valence-electron chi connectivity index (χ1n) is 6.33. The molecule has 1 aromatic heterocycles. The highest BCUT2D eigenvalue weighted by Gasteiger charge is 2.04. The number of aryl methyl sites for hydroxylation is 2. The molecule has 3 heteroatoms. The SMILES string of the molecule is CCOC(=O)/C=C/c1cccc2c(C)cc(C)nc12. The number of carbonyl (C=O) groups is 1. The van der Waals surface area contributed by atoms with E-state index in [1.807, 2.05) is 25.1 Å². The van der Waals surface area contributed by atoms with E-state index in [2.05, 4.69) is 18.0 Å². The normalized spacial score (nSPS) is 11.1. The highest BCUT2D eigenvalue weighted by Crippen LogP contribution is 2.22. The van der Waals surface area contributed by atoms with E-state index in [1.54, 1.807) is 13.0 Å². The zero-order chi connectivity index (χ0) is 13.8. The molecule has 1 aromatic carbocycles. The first-order chi connectivity index (χ1) is 9.11. The second-order valence-electron chi connectivity index (χ2n) is 4.41. The molecule has 0 bridgehead atoms. The summed E-state index contributed by atoms with van der Waals surface area (Å²) >= 11 is 0. The molecule has 98 valence electrons. The fraction of sp³-hybridized carbons (Fsp3) is 0.250. The molecular weight excluding hydrogens is 238 g/mol. The number of fused-ring (bicyclic) bond motifs is 1. The summed E-state index contributed by atoms with van der Waals surface area (Å²) in [6.45, 7) is 6.21. The van der Waals surface area contributed by atoms with Crippen molar-refractivity contribution >= 4 is 22.9 Å². The molecule has 19 heavy (non-hydrogen) atoms. The predicted octanol–water partition coefficient (Wildman–Crippen LogP) is 3.43. The van der Waals surface area contributed by atoms with E-state index in [1.165, 1.54) is 11.6 Å². The van der Waals surface area contributed by atoms with Crippen molar-refractivity contribution in [2.45, 2.75) is 20.8 Å². The number of hydrogen-bond donors (Lipinski definition) is 0. The van der Waals surface area contributed by atoms with Crippen LogP contribution in [-0.4, -0.2) is 17.6 Å². The number of hydrogen-bond acceptors (Lipinski definition) is 3. The van der Waals surface area contributed by atoms with E-state index in [-0.39, 0.29) is 5.97 Å². The summed E-state index contributed by atoms with van der Waals surface area (Å²) in [4.78, 5) is 15.9. The van der Waals surface area contributed by atoms with Crippen LogP contribution in [0.15, 0.2) is 30.3 Å². The molecule has 0 amide bonds. The summed E-state index contributed by atoms with van der Waals surface area (Å²) in [6, 6.07) is 8.01. The summed E-state index contributed by atoms with van der Waals surface area (Å²) in [5.41, 5.74) is 4.01. The Kier molecular flexibility index (Phi) is 3.95. The molecule has 2 aromatic rings. The third-order valence-electron chi connectivity index (χ3n) is 2.89. The number of esters is 1. The Morgan fingerprint density at radius 3 is 2.89 bits per heavy atom. The van der Waals surface area contributed by atoms with Crippen LogP contribution in [0.2, 0.25) is 0 Å². The summed E-state index contributed by atoms with van der Waals surface area (Å²) in [5, 5.41) is 1.11. The molecule has 0 radical (unpaired) electrons. The maximum Gasteiger partial charge on any atom is 0.330 e. The summed E-state index contributed by atoms with van der Waals surface area (Å²) < 4.78 is 4.88. The molecular formula is C16H17NO2. The van der Waals surface area contributed by atoms with Crippen molar-refractivity contribution in [2.75, 3.05) is 6.61 Å². The molecule has 1 heterocycles. The van der Waals surface area contributed by atoms with Crippen LogP contribution in [0, 0.1) is 13.8 Å². The number of para-hydroxylation sites is 1. The molecule has 0 aliphatic heterocycles. The van der Waals surface area contributed by atoms with Crippen LogP contribution in [0.4, 0.5) is 0 Å². The molecule has 0 saturated carbocycles. The number of benzene rings is 1. The zero-order valence-corrected chi connectivity index (χ0v) is 11.4. The Morgan fingerprint density at radius 1 is 1.37 bits per heavy atom. The molecule has 0 aliphatic rings. The number of aromatic nitrogens is 1. The molecule has 0 N–H and O–H groups in total. The van der Waals surface area contributed by atoms with Crippen LogP contribution in [-0.2, 0) is 9.53 Å². The van der Waals surface area contributed by atoms with E-state index in [9.17, 15) is 4.79 Å². The van der Waals surface area contributed by atoms with Crippen LogP contribution in [0.1, 0.15) is 23.7 Å². The molecule has 0 unspecified atom stereocenters. The van der Waals surface area contributed by atoms with Gasteiger partial charge >= 0.3 is 5.97 Å². The van der Waals surface area contributed by atoms with Gasteiger partial charge in [-0.05, 0) is 38.5 Å². The van der Waals surface area contributed by atoms with Gasteiger partial charge in [-0.25, -0.2) is 4.79 Å². The Balaban J connectivity index is 2.46. The summed E-state index contributed by atoms with van der Waals surface area (Å²) in [5.74, 6) is -0.330. The average Bonchev–Trinajstić information content (AvgIpc) is 2.36. The minimum Gasteiger partial charge on any atom is -0.463 e. The molecule has 3 nitrogen and oxygen atoms in total. The van der Waals surface area contributed by atoms with E-state index in [0.29, 0.717) is 6.61 Å². The molecule has 0 fully saturated rings. The van der Waals surface area contributed by atoms with Crippen molar-refractivity contribution in [2.24, 2.45) is 0 Å². The molecule has 0 aliphatic carbocycles. The molecule has 2 rings (SSSR count). The van der Waals surface area contributed by atoms with Crippen molar-refractivity contribution in [3.05, 3.63) is 47.2 Å². The van der Waals surface area contributed by atoms with Crippen molar-refractivity contribution in [1.29, 1.82) is 0 Å². The second-order valence-corrected chi connectivity index (χ2v) is 4.41. The Hall–Kier alpha value is -2.16. The summed E-state index contributed by atoms with van der Waals surface area (Å²) in [7, 11) is 0. The van der Waals surface area contributed by atoms with Crippen LogP contribution in [0.3, 0.4) is 0 Å². The van der Waals surface area contributed by atoms with Gasteiger partial charge in [-0.15, -0.1) is 0 Å². The van der Waals surface area contributed by atoms with Gasteiger partial charge in [-0.1, -0.05) is 18.2 Å². The Bertz CT molecular complexity index is 644. The van der Waals surface area contributed by atoms with Crippen LogP contribution in [0.25, 0.3) is 17.0 Å². The van der Waals surface area contributed by atoms with Gasteiger partial charge in [0, 0.05) is 22.7 Å². The number of rotatable bonds is 3. The zero-order valence-electron chi connectivity index (χ0n) is 11.4. The summed E-state index contributed by atoms with van der Waals surface area (Å²) in [6.07, 6.45) is 3.20. The van der Waals surface area contributed by atoms with E-state index >= 15 is 0 Å². The maximum absolute atomic E-state index is 11.4. The van der Waals surface area contributed by atoms with Gasteiger partial charge in [0.05, 0.1) is 12.1 Å². The van der Waals surface area contributed by atoms with Gasteiger partial charge in [0.2, 0.25) is 0 Å². The van der Waals surface area contributed by atoms with Gasteiger partial charge < -0.3 is 4.74 Å². The third-order valence-corrected chi connectivity index (χ3v) is 2.89. The topological polar surface area (TPSA) is 39.2 Å². The first kappa shape index (κ1) is 13.3. The quantitative estimate of drug-likeness (QED) is 0.623. The number of nitrogens with zero attached hydrogens (tertiary/aromatic N) is 1. The third kappa shape index (κ3) is 2.99. The van der Waals surface area contributed by atoms with Crippen LogP contribution >= 0.6 is 0 Å². The van der Waals surface area contributed by atoms with Gasteiger partial charge in [-0.3, -0.25) is 4.98 Å². The number of ether oxygens (including phenoxy) is 1. The second kappa shape index (κ2) is 5.65. The molecule has 0 spiro atoms. The van der Waals surface area contributed by atoms with Gasteiger partial charge in [0.25, 0.3) is 0 Å². The monoisotopic (exact) mass is 255 g/mol. The minimum absolute atomic E-state index is 0.330. The van der Waals surface area contributed by atoms with Crippen LogP contribution in [0.5, 0.6) is 0 Å². The fourth-order valence-electron chi connectivity index (χ4n) is 2.09. The van der Waals surface area contributed by atoms with Crippen LogP contribution < -0.4 is 0 Å². The smallest absolute Gasteiger partial charge is 0.330 e. The predicted molar refractivity (Wildman–Crippen MR) is 76.9 cm³/mol. The average molecular weight is 255 g/mol. The molecule has 0 saturated heterocycles. The van der Waals surface area contributed by atoms with E-state index in [0.717, 1.165) is 22.2 Å². The lowest BCUT2D eigenvalue weighted by Gasteiger charge is -2.06. The first-order valence-corrected chi connectivity index (χ1v) is 6.33. The van der Waals surface area contributed by atoms with E-state index in [4.69, 9.17) is 4.74 Å². The highest BCUT2D eigenvalue weighted by molar-refractivity contribution is 5.94. The van der Waals surface area contributed by atoms with Crippen molar-refractivity contribution < 1.29 is 9.53 Å². The van der Waals surface area contributed by atoms with Gasteiger partial charge in [-0.2, -0.15) is 0 Å². The van der Waals surface area contributed by atoms with Crippen molar-refractivity contribution in [3.63, 3.8) is 0 Å². The fourth-order valence-corrected chi connectivity index (χ4v) is 2.09. The standard InChI is InChI=1S/C16H17NO2/c1-4-19-15(18)9-8-13-6-5-7-14-11(2)10-12(3)17-16(13)14/h5-10H,4H2,1-3H3/b9-8+. The lowest BCUT2D eigenvalue weighted by Crippen LogP contribution is -1.98. The maximum atomic E-state index is 11.4. The Morgan fingerprint density at radius 2 is 2.16 bits per heavy atom. The van der Waals surface area contributed by atoms with Crippen molar-refractivity contribution in [1.82, 2.24) is 4.98 Å². The number of carbonyl (C=O) groups excluding carboxylic acids is 1. The van der Waals surface area contributed by atoms with Gasteiger partial charge in [0.1, 0.15) is 0 Å². The minimum atomic E-state index is -0.330. The lowest BCUT2D eigenvalue weighted by atomic mass is 10.0. The highest BCUT2D eigenvalue weighted by atomic mass is 16.5. The number of pyridine rings is 1. The Labute approximate surface area is 112 Å².